The molecule has 0 unspecified atom stereocenters. The van der Waals surface area contributed by atoms with Gasteiger partial charge in [0.2, 0.25) is 0 Å². The van der Waals surface area contributed by atoms with E-state index in [-0.39, 0.29) is 13.2 Å². The second kappa shape index (κ2) is 9.01. The molecule has 0 atom stereocenters. The summed E-state index contributed by atoms with van der Waals surface area (Å²) in [6.07, 6.45) is 6.11. The first-order valence-electron chi connectivity index (χ1n) is 7.89. The van der Waals surface area contributed by atoms with Crippen LogP contribution in [0.5, 0.6) is 5.75 Å². The van der Waals surface area contributed by atoms with E-state index in [4.69, 9.17) is 9.47 Å². The van der Waals surface area contributed by atoms with Gasteiger partial charge in [0, 0.05) is 12.3 Å². The summed E-state index contributed by atoms with van der Waals surface area (Å²) in [4.78, 5) is 11.2. The molecule has 0 fully saturated rings. The van der Waals surface area contributed by atoms with Crippen molar-refractivity contribution >= 4 is 28.0 Å². The van der Waals surface area contributed by atoms with Crippen LogP contribution in [-0.4, -0.2) is 33.9 Å². The summed E-state index contributed by atoms with van der Waals surface area (Å²) in [5, 5.41) is 0. The monoisotopic (exact) mass is 372 g/mol. The third-order valence-corrected chi connectivity index (χ3v) is 4.55. The van der Waals surface area contributed by atoms with Gasteiger partial charge >= 0.3 is 5.97 Å². The summed E-state index contributed by atoms with van der Waals surface area (Å²) < 4.78 is 33.2. The lowest BCUT2D eigenvalue weighted by Gasteiger charge is -2.06. The van der Waals surface area contributed by atoms with Crippen molar-refractivity contribution < 1.29 is 22.7 Å². The highest BCUT2D eigenvalue weighted by Gasteiger charge is 2.05. The SMILES string of the molecule is C=CC(=O)OCCOc1ccc(C=Cc2ccc(S(C)(=O)=O)cc2)cc1. The van der Waals surface area contributed by atoms with Crippen molar-refractivity contribution in [3.63, 3.8) is 0 Å². The Bertz CT molecular complexity index is 879. The Hall–Kier alpha value is -2.86. The van der Waals surface area contributed by atoms with Crippen LogP contribution >= 0.6 is 0 Å². The Morgan fingerprint density at radius 1 is 0.962 bits per heavy atom. The molecule has 0 saturated heterocycles. The molecule has 5 nitrogen and oxygen atoms in total. The molecular weight excluding hydrogens is 352 g/mol. The van der Waals surface area contributed by atoms with E-state index < -0.39 is 15.8 Å². The number of benzene rings is 2. The molecule has 0 amide bonds. The highest BCUT2D eigenvalue weighted by atomic mass is 32.2. The van der Waals surface area contributed by atoms with Crippen LogP contribution < -0.4 is 4.74 Å². The highest BCUT2D eigenvalue weighted by Crippen LogP contribution is 2.16. The molecule has 0 aromatic heterocycles. The molecule has 0 bridgehead atoms. The van der Waals surface area contributed by atoms with Crippen LogP contribution in [0.3, 0.4) is 0 Å². The van der Waals surface area contributed by atoms with Crippen LogP contribution in [0.15, 0.2) is 66.1 Å². The molecule has 0 aliphatic heterocycles. The predicted octanol–water partition coefficient (Wildman–Crippen LogP) is 3.37. The number of carbonyl (C=O) groups excluding carboxylic acids is 1. The van der Waals surface area contributed by atoms with Gasteiger partial charge in [-0.2, -0.15) is 0 Å². The number of rotatable bonds is 8. The molecule has 0 spiro atoms. The van der Waals surface area contributed by atoms with E-state index >= 15 is 0 Å². The van der Waals surface area contributed by atoms with E-state index in [0.29, 0.717) is 10.6 Å². The van der Waals surface area contributed by atoms with Crippen molar-refractivity contribution in [2.75, 3.05) is 19.5 Å². The molecule has 6 heteroatoms. The van der Waals surface area contributed by atoms with Gasteiger partial charge in [-0.1, -0.05) is 43.0 Å². The lowest BCUT2D eigenvalue weighted by Crippen LogP contribution is -2.10. The average Bonchev–Trinajstić information content (AvgIpc) is 2.64. The first-order valence-corrected chi connectivity index (χ1v) is 9.78. The van der Waals surface area contributed by atoms with Gasteiger partial charge in [0.05, 0.1) is 4.90 Å². The topological polar surface area (TPSA) is 69.7 Å². The lowest BCUT2D eigenvalue weighted by molar-refractivity contribution is -0.138. The molecule has 2 aromatic carbocycles. The fourth-order valence-electron chi connectivity index (χ4n) is 2.05. The summed E-state index contributed by atoms with van der Waals surface area (Å²) in [5.41, 5.74) is 1.88. The first kappa shape index (κ1) is 19.5. The van der Waals surface area contributed by atoms with E-state index in [9.17, 15) is 13.2 Å². The van der Waals surface area contributed by atoms with Gasteiger partial charge in [-0.3, -0.25) is 0 Å². The molecule has 0 radical (unpaired) electrons. The Morgan fingerprint density at radius 2 is 1.50 bits per heavy atom. The molecule has 0 N–H and O–H groups in total. The second-order valence-electron chi connectivity index (χ2n) is 5.46. The van der Waals surface area contributed by atoms with Gasteiger partial charge in [0.1, 0.15) is 19.0 Å². The van der Waals surface area contributed by atoms with Gasteiger partial charge in [-0.15, -0.1) is 0 Å². The minimum absolute atomic E-state index is 0.163. The number of hydrogen-bond donors (Lipinski definition) is 0. The van der Waals surface area contributed by atoms with Crippen molar-refractivity contribution in [3.8, 4) is 5.75 Å². The number of esters is 1. The van der Waals surface area contributed by atoms with Crippen LogP contribution in [0.2, 0.25) is 0 Å². The maximum atomic E-state index is 11.4. The summed E-state index contributed by atoms with van der Waals surface area (Å²) in [5.74, 6) is 0.202. The Labute approximate surface area is 153 Å². The third-order valence-electron chi connectivity index (χ3n) is 3.42. The number of ether oxygens (including phenoxy) is 2. The normalized spacial score (nSPS) is 11.3. The number of carbonyl (C=O) groups is 1. The predicted molar refractivity (Wildman–Crippen MR) is 102 cm³/mol. The molecule has 136 valence electrons. The van der Waals surface area contributed by atoms with E-state index in [0.717, 1.165) is 17.2 Å². The maximum absolute atomic E-state index is 11.4. The van der Waals surface area contributed by atoms with Gasteiger partial charge in [0.25, 0.3) is 0 Å². The fourth-order valence-corrected chi connectivity index (χ4v) is 2.68. The standard InChI is InChI=1S/C20H20O5S/c1-3-20(21)25-15-14-24-18-10-6-16(7-11-18)4-5-17-8-12-19(13-9-17)26(2,22)23/h3-13H,1,14-15H2,2H3. The summed E-state index contributed by atoms with van der Waals surface area (Å²) >= 11 is 0. The smallest absolute Gasteiger partial charge is 0.330 e. The largest absolute Gasteiger partial charge is 0.490 e. The van der Waals surface area contributed by atoms with E-state index in [1.807, 2.05) is 36.4 Å². The van der Waals surface area contributed by atoms with E-state index in [1.165, 1.54) is 6.26 Å². The zero-order chi connectivity index (χ0) is 19.0. The van der Waals surface area contributed by atoms with Gasteiger partial charge < -0.3 is 9.47 Å². The number of sulfone groups is 1. The Balaban J connectivity index is 1.89. The van der Waals surface area contributed by atoms with Crippen molar-refractivity contribution in [3.05, 3.63) is 72.3 Å². The molecule has 0 aliphatic carbocycles. The number of hydrogen-bond acceptors (Lipinski definition) is 5. The second-order valence-corrected chi connectivity index (χ2v) is 7.48. The molecule has 2 rings (SSSR count). The minimum Gasteiger partial charge on any atom is -0.490 e. The lowest BCUT2D eigenvalue weighted by atomic mass is 10.1. The summed E-state index contributed by atoms with van der Waals surface area (Å²) in [7, 11) is -3.18. The molecule has 0 heterocycles. The quantitative estimate of drug-likeness (QED) is 0.308. The summed E-state index contributed by atoms with van der Waals surface area (Å²) in [6, 6.07) is 14.1. The average molecular weight is 372 g/mol. The van der Waals surface area contributed by atoms with Crippen LogP contribution in [0.1, 0.15) is 11.1 Å². The van der Waals surface area contributed by atoms with Crippen molar-refractivity contribution in [2.24, 2.45) is 0 Å². The third kappa shape index (κ3) is 6.22. The first-order chi connectivity index (χ1) is 12.4. The van der Waals surface area contributed by atoms with Gasteiger partial charge in [-0.25, -0.2) is 13.2 Å². The molecule has 0 aliphatic rings. The van der Waals surface area contributed by atoms with E-state index in [1.54, 1.807) is 24.3 Å². The van der Waals surface area contributed by atoms with Crippen LogP contribution in [0.4, 0.5) is 0 Å². The molecule has 26 heavy (non-hydrogen) atoms. The fraction of sp³-hybridized carbons (Fsp3) is 0.150. The highest BCUT2D eigenvalue weighted by molar-refractivity contribution is 7.90. The zero-order valence-corrected chi connectivity index (χ0v) is 15.2. The Morgan fingerprint density at radius 3 is 2.00 bits per heavy atom. The van der Waals surface area contributed by atoms with Crippen molar-refractivity contribution in [1.29, 1.82) is 0 Å². The zero-order valence-electron chi connectivity index (χ0n) is 14.4. The van der Waals surface area contributed by atoms with Crippen LogP contribution in [-0.2, 0) is 19.4 Å². The molecule has 2 aromatic rings. The van der Waals surface area contributed by atoms with Gasteiger partial charge in [-0.05, 0) is 35.4 Å². The Kier molecular flexibility index (Phi) is 6.74. The van der Waals surface area contributed by atoms with Crippen molar-refractivity contribution in [1.82, 2.24) is 0 Å². The van der Waals surface area contributed by atoms with Crippen LogP contribution in [0.25, 0.3) is 12.2 Å². The maximum Gasteiger partial charge on any atom is 0.330 e. The summed E-state index contributed by atoms with van der Waals surface area (Å²) in [6.45, 7) is 3.74. The van der Waals surface area contributed by atoms with E-state index in [2.05, 4.69) is 6.58 Å². The van der Waals surface area contributed by atoms with Gasteiger partial charge in [0.15, 0.2) is 9.84 Å². The van der Waals surface area contributed by atoms with Crippen LogP contribution in [0, 0.1) is 0 Å². The van der Waals surface area contributed by atoms with Crippen molar-refractivity contribution in [2.45, 2.75) is 4.90 Å². The molecular formula is C20H20O5S. The molecule has 0 saturated carbocycles. The minimum atomic E-state index is -3.18.